The van der Waals surface area contributed by atoms with Gasteiger partial charge in [0.25, 0.3) is 0 Å². The van der Waals surface area contributed by atoms with Crippen LogP contribution in [0.1, 0.15) is 39.5 Å². The van der Waals surface area contributed by atoms with Gasteiger partial charge in [0.05, 0.1) is 0 Å². The molecule has 0 aromatic carbocycles. The molecule has 0 heterocycles. The molecule has 74 valence electrons. The van der Waals surface area contributed by atoms with Crippen LogP contribution < -0.4 is 5.32 Å². The molecular weight excluding hydrogens is 158 g/mol. The van der Waals surface area contributed by atoms with E-state index in [4.69, 9.17) is 6.42 Å². The van der Waals surface area contributed by atoms with E-state index in [2.05, 4.69) is 25.1 Å². The average Bonchev–Trinajstić information content (AvgIpc) is 2.03. The Morgan fingerprint density at radius 3 is 2.54 bits per heavy atom. The first-order chi connectivity index (χ1) is 6.24. The largest absolute Gasteiger partial charge is 0.314 e. The van der Waals surface area contributed by atoms with Crippen molar-refractivity contribution in [2.45, 2.75) is 45.6 Å². The number of nitrogens with one attached hydrogen (secondary N) is 1. The number of terminal acetylenes is 1. The van der Waals surface area contributed by atoms with Gasteiger partial charge < -0.3 is 5.32 Å². The van der Waals surface area contributed by atoms with Gasteiger partial charge in [-0.3, -0.25) is 0 Å². The lowest BCUT2D eigenvalue weighted by molar-refractivity contribution is 0.159. The fourth-order valence-corrected chi connectivity index (χ4v) is 1.94. The van der Waals surface area contributed by atoms with Crippen molar-refractivity contribution in [2.24, 2.45) is 11.8 Å². The Hall–Kier alpha value is -0.480. The zero-order chi connectivity index (χ0) is 9.68. The van der Waals surface area contributed by atoms with Crippen LogP contribution in [-0.4, -0.2) is 12.6 Å². The zero-order valence-electron chi connectivity index (χ0n) is 8.84. The van der Waals surface area contributed by atoms with Gasteiger partial charge in [-0.2, -0.15) is 0 Å². The quantitative estimate of drug-likeness (QED) is 0.639. The molecule has 0 aliphatic heterocycles. The molecule has 1 saturated carbocycles. The summed E-state index contributed by atoms with van der Waals surface area (Å²) in [5, 5.41) is 3.50. The van der Waals surface area contributed by atoms with E-state index >= 15 is 0 Å². The maximum Gasteiger partial charge on any atom is 0.00888 e. The first-order valence-electron chi connectivity index (χ1n) is 5.41. The van der Waals surface area contributed by atoms with E-state index in [0.29, 0.717) is 6.04 Å². The number of hydrogen-bond acceptors (Lipinski definition) is 1. The first-order valence-corrected chi connectivity index (χ1v) is 5.41. The van der Waals surface area contributed by atoms with Gasteiger partial charge in [-0.15, -0.1) is 12.3 Å². The van der Waals surface area contributed by atoms with Crippen molar-refractivity contribution in [1.29, 1.82) is 0 Å². The minimum absolute atomic E-state index is 0.619. The highest BCUT2D eigenvalue weighted by Gasteiger charge is 2.29. The van der Waals surface area contributed by atoms with Crippen molar-refractivity contribution in [3.63, 3.8) is 0 Å². The molecule has 0 spiro atoms. The van der Waals surface area contributed by atoms with E-state index in [1.54, 1.807) is 0 Å². The summed E-state index contributed by atoms with van der Waals surface area (Å²) in [7, 11) is 0. The molecule has 1 N–H and O–H groups in total. The molecule has 0 bridgehead atoms. The Labute approximate surface area is 82.3 Å². The van der Waals surface area contributed by atoms with Crippen LogP contribution in [0.5, 0.6) is 0 Å². The van der Waals surface area contributed by atoms with Gasteiger partial charge in [0, 0.05) is 12.5 Å². The molecule has 0 amide bonds. The van der Waals surface area contributed by atoms with Gasteiger partial charge in [0.1, 0.15) is 0 Å². The summed E-state index contributed by atoms with van der Waals surface area (Å²) < 4.78 is 0. The lowest BCUT2D eigenvalue weighted by Crippen LogP contribution is -2.37. The Bertz CT molecular complexity index is 178. The Morgan fingerprint density at radius 1 is 1.38 bits per heavy atom. The van der Waals surface area contributed by atoms with Crippen LogP contribution in [0.15, 0.2) is 0 Å². The first kappa shape index (κ1) is 10.6. The molecule has 1 rings (SSSR count). The van der Waals surface area contributed by atoms with Gasteiger partial charge in [-0.05, 0) is 37.6 Å². The standard InChI is InChI=1S/C12H21N/c1-4-5-6-11-7-8-12(11)9-13-10(2)3/h1,10-13H,5-9H2,2-3H3. The van der Waals surface area contributed by atoms with Gasteiger partial charge in [-0.25, -0.2) is 0 Å². The summed E-state index contributed by atoms with van der Waals surface area (Å²) in [5.41, 5.74) is 0. The Kier molecular flexibility index (Phi) is 4.32. The normalized spacial score (nSPS) is 26.9. The fraction of sp³-hybridized carbons (Fsp3) is 0.833. The maximum absolute atomic E-state index is 5.26. The second-order valence-corrected chi connectivity index (χ2v) is 4.40. The second-order valence-electron chi connectivity index (χ2n) is 4.40. The van der Waals surface area contributed by atoms with Crippen LogP contribution in [0.2, 0.25) is 0 Å². The molecule has 0 aromatic heterocycles. The van der Waals surface area contributed by atoms with Crippen molar-refractivity contribution in [3.05, 3.63) is 0 Å². The molecule has 1 aliphatic rings. The molecule has 2 atom stereocenters. The molecule has 13 heavy (non-hydrogen) atoms. The fourth-order valence-electron chi connectivity index (χ4n) is 1.94. The van der Waals surface area contributed by atoms with Crippen LogP contribution in [-0.2, 0) is 0 Å². The monoisotopic (exact) mass is 179 g/mol. The van der Waals surface area contributed by atoms with Gasteiger partial charge in [0.2, 0.25) is 0 Å². The van der Waals surface area contributed by atoms with E-state index in [-0.39, 0.29) is 0 Å². The van der Waals surface area contributed by atoms with Gasteiger partial charge in [0.15, 0.2) is 0 Å². The minimum Gasteiger partial charge on any atom is -0.314 e. The second kappa shape index (κ2) is 5.29. The third kappa shape index (κ3) is 3.40. The molecule has 1 heteroatoms. The van der Waals surface area contributed by atoms with E-state index in [9.17, 15) is 0 Å². The van der Waals surface area contributed by atoms with Crippen LogP contribution in [0.25, 0.3) is 0 Å². The van der Waals surface area contributed by atoms with Crippen LogP contribution in [0, 0.1) is 24.2 Å². The lowest BCUT2D eigenvalue weighted by atomic mass is 9.71. The van der Waals surface area contributed by atoms with Gasteiger partial charge in [-0.1, -0.05) is 13.8 Å². The lowest BCUT2D eigenvalue weighted by Gasteiger charge is -2.37. The number of hydrogen-bond donors (Lipinski definition) is 1. The Morgan fingerprint density at radius 2 is 2.08 bits per heavy atom. The predicted molar refractivity (Wildman–Crippen MR) is 57.4 cm³/mol. The number of rotatable bonds is 5. The van der Waals surface area contributed by atoms with E-state index < -0.39 is 0 Å². The molecule has 1 aliphatic carbocycles. The summed E-state index contributed by atoms with van der Waals surface area (Å²) in [6.45, 7) is 5.59. The third-order valence-corrected chi connectivity index (χ3v) is 3.02. The van der Waals surface area contributed by atoms with Crippen LogP contribution >= 0.6 is 0 Å². The summed E-state index contributed by atoms with van der Waals surface area (Å²) in [4.78, 5) is 0. The summed E-state index contributed by atoms with van der Waals surface area (Å²) in [6.07, 6.45) is 10.2. The maximum atomic E-state index is 5.26. The summed E-state index contributed by atoms with van der Waals surface area (Å²) in [6, 6.07) is 0.619. The van der Waals surface area contributed by atoms with E-state index in [0.717, 1.165) is 18.3 Å². The molecule has 2 unspecified atom stereocenters. The SMILES string of the molecule is C#CCCC1CCC1CNC(C)C. The highest BCUT2D eigenvalue weighted by atomic mass is 14.9. The molecule has 1 nitrogen and oxygen atoms in total. The van der Waals surface area contributed by atoms with Crippen molar-refractivity contribution >= 4 is 0 Å². The van der Waals surface area contributed by atoms with E-state index in [1.165, 1.54) is 25.8 Å². The summed E-state index contributed by atoms with van der Waals surface area (Å²) >= 11 is 0. The molecule has 0 saturated heterocycles. The Balaban J connectivity index is 2.10. The summed E-state index contributed by atoms with van der Waals surface area (Å²) in [5.74, 6) is 4.54. The average molecular weight is 179 g/mol. The van der Waals surface area contributed by atoms with Crippen molar-refractivity contribution in [2.75, 3.05) is 6.54 Å². The molecular formula is C12H21N. The zero-order valence-corrected chi connectivity index (χ0v) is 8.84. The molecule has 0 aromatic rings. The third-order valence-electron chi connectivity index (χ3n) is 3.02. The van der Waals surface area contributed by atoms with Crippen LogP contribution in [0.4, 0.5) is 0 Å². The van der Waals surface area contributed by atoms with Crippen LogP contribution in [0.3, 0.4) is 0 Å². The predicted octanol–water partition coefficient (Wildman–Crippen LogP) is 2.42. The smallest absolute Gasteiger partial charge is 0.00888 e. The van der Waals surface area contributed by atoms with E-state index in [1.807, 2.05) is 0 Å². The molecule has 0 radical (unpaired) electrons. The van der Waals surface area contributed by atoms with Crippen molar-refractivity contribution in [1.82, 2.24) is 5.32 Å². The van der Waals surface area contributed by atoms with Crippen molar-refractivity contribution in [3.8, 4) is 12.3 Å². The molecule has 1 fully saturated rings. The van der Waals surface area contributed by atoms with Crippen molar-refractivity contribution < 1.29 is 0 Å². The minimum atomic E-state index is 0.619. The topological polar surface area (TPSA) is 12.0 Å². The highest BCUT2D eigenvalue weighted by molar-refractivity contribution is 4.89. The highest BCUT2D eigenvalue weighted by Crippen LogP contribution is 2.36. The van der Waals surface area contributed by atoms with Gasteiger partial charge >= 0.3 is 0 Å².